The maximum absolute atomic E-state index is 11.7. The van der Waals surface area contributed by atoms with Crippen LogP contribution in [-0.2, 0) is 17.6 Å². The third-order valence-electron chi connectivity index (χ3n) is 3.33. The van der Waals surface area contributed by atoms with E-state index in [1.54, 1.807) is 11.3 Å². The molecule has 0 saturated heterocycles. The van der Waals surface area contributed by atoms with Gasteiger partial charge in [0.05, 0.1) is 12.2 Å². The average Bonchev–Trinajstić information content (AvgIpc) is 2.71. The van der Waals surface area contributed by atoms with Crippen molar-refractivity contribution in [1.29, 1.82) is 0 Å². The second kappa shape index (κ2) is 5.00. The van der Waals surface area contributed by atoms with Crippen molar-refractivity contribution in [3.63, 3.8) is 0 Å². The third-order valence-corrected chi connectivity index (χ3v) is 4.38. The Hall–Kier alpha value is -0.830. The van der Waals surface area contributed by atoms with E-state index >= 15 is 0 Å². The van der Waals surface area contributed by atoms with Gasteiger partial charge in [-0.1, -0.05) is 13.3 Å². The van der Waals surface area contributed by atoms with E-state index < -0.39 is 0 Å². The number of fused-ring (bicyclic) bond motifs is 1. The molecule has 0 aliphatic heterocycles. The van der Waals surface area contributed by atoms with Crippen LogP contribution in [0.15, 0.2) is 5.38 Å². The van der Waals surface area contributed by atoms with Gasteiger partial charge in [0, 0.05) is 10.3 Å². The molecule has 1 aromatic heterocycles. The summed E-state index contributed by atoms with van der Waals surface area (Å²) in [4.78, 5) is 13.1. The summed E-state index contributed by atoms with van der Waals surface area (Å²) in [5.74, 6) is 0.663. The molecule has 1 aliphatic carbocycles. The highest BCUT2D eigenvalue weighted by molar-refractivity contribution is 7.10. The molecule has 1 aliphatic rings. The van der Waals surface area contributed by atoms with Gasteiger partial charge in [0.15, 0.2) is 0 Å². The van der Waals surface area contributed by atoms with Crippen molar-refractivity contribution in [2.45, 2.75) is 39.5 Å². The lowest BCUT2D eigenvalue weighted by Crippen LogP contribution is -2.14. The van der Waals surface area contributed by atoms with Gasteiger partial charge in [-0.3, -0.25) is 0 Å². The molecule has 0 amide bonds. The molecule has 88 valence electrons. The Balaban J connectivity index is 2.19. The largest absolute Gasteiger partial charge is 0.462 e. The molecular weight excluding hydrogens is 220 g/mol. The minimum absolute atomic E-state index is 0.144. The molecule has 1 aromatic rings. The maximum atomic E-state index is 11.7. The van der Waals surface area contributed by atoms with Crippen LogP contribution in [0.2, 0.25) is 0 Å². The van der Waals surface area contributed by atoms with E-state index in [0.29, 0.717) is 6.61 Å². The summed E-state index contributed by atoms with van der Waals surface area (Å²) < 4.78 is 5.07. The van der Waals surface area contributed by atoms with Crippen molar-refractivity contribution in [3.05, 3.63) is 21.4 Å². The highest BCUT2D eigenvalue weighted by Gasteiger charge is 2.24. The summed E-state index contributed by atoms with van der Waals surface area (Å²) in [5, 5.41) is 1.97. The van der Waals surface area contributed by atoms with E-state index in [1.165, 1.54) is 23.3 Å². The predicted molar refractivity (Wildman–Crippen MR) is 66.1 cm³/mol. The Labute approximate surface area is 101 Å². The fourth-order valence-electron chi connectivity index (χ4n) is 2.31. The maximum Gasteiger partial charge on any atom is 0.339 e. The molecule has 0 spiro atoms. The molecule has 3 heteroatoms. The molecule has 1 atom stereocenters. The molecular formula is C13H18O2S. The van der Waals surface area contributed by atoms with Crippen LogP contribution in [0.1, 0.15) is 47.5 Å². The van der Waals surface area contributed by atoms with Crippen LogP contribution in [0.4, 0.5) is 0 Å². The SMILES string of the molecule is CCOC(=O)c1csc2c1CCC(CC)C2. The average molecular weight is 238 g/mol. The fraction of sp³-hybridized carbons (Fsp3) is 0.615. The van der Waals surface area contributed by atoms with Crippen molar-refractivity contribution >= 4 is 17.3 Å². The zero-order valence-corrected chi connectivity index (χ0v) is 10.7. The molecule has 0 radical (unpaired) electrons. The minimum Gasteiger partial charge on any atom is -0.462 e. The molecule has 2 rings (SSSR count). The molecule has 16 heavy (non-hydrogen) atoms. The Kier molecular flexibility index (Phi) is 3.64. The number of carbonyl (C=O) groups excluding carboxylic acids is 1. The van der Waals surface area contributed by atoms with Crippen LogP contribution in [-0.4, -0.2) is 12.6 Å². The standard InChI is InChI=1S/C13H18O2S/c1-3-9-5-6-10-11(13(14)15-4-2)8-16-12(10)7-9/h8-9H,3-7H2,1-2H3. The third kappa shape index (κ3) is 2.14. The number of carbonyl (C=O) groups is 1. The van der Waals surface area contributed by atoms with Crippen LogP contribution in [0, 0.1) is 5.92 Å². The van der Waals surface area contributed by atoms with Crippen molar-refractivity contribution in [1.82, 2.24) is 0 Å². The Bertz CT molecular complexity index is 381. The summed E-state index contributed by atoms with van der Waals surface area (Å²) in [6.45, 7) is 4.56. The van der Waals surface area contributed by atoms with E-state index in [0.717, 1.165) is 24.3 Å². The van der Waals surface area contributed by atoms with Gasteiger partial charge in [-0.15, -0.1) is 11.3 Å². The predicted octanol–water partition coefficient (Wildman–Crippen LogP) is 3.44. The lowest BCUT2D eigenvalue weighted by atomic mass is 9.86. The zero-order chi connectivity index (χ0) is 11.5. The van der Waals surface area contributed by atoms with Crippen LogP contribution in [0.3, 0.4) is 0 Å². The quantitative estimate of drug-likeness (QED) is 0.754. The van der Waals surface area contributed by atoms with Crippen molar-refractivity contribution in [2.24, 2.45) is 5.92 Å². The lowest BCUT2D eigenvalue weighted by Gasteiger charge is -2.21. The number of hydrogen-bond donors (Lipinski definition) is 0. The normalized spacial score (nSPS) is 19.2. The highest BCUT2D eigenvalue weighted by Crippen LogP contribution is 2.34. The summed E-state index contributed by atoms with van der Waals surface area (Å²) in [6, 6.07) is 0. The van der Waals surface area contributed by atoms with Crippen molar-refractivity contribution in [3.8, 4) is 0 Å². The Morgan fingerprint density at radius 2 is 2.38 bits per heavy atom. The lowest BCUT2D eigenvalue weighted by molar-refractivity contribution is 0.0525. The smallest absolute Gasteiger partial charge is 0.339 e. The Morgan fingerprint density at radius 3 is 3.06 bits per heavy atom. The van der Waals surface area contributed by atoms with Gasteiger partial charge in [-0.25, -0.2) is 4.79 Å². The molecule has 1 heterocycles. The second-order valence-corrected chi connectivity index (χ2v) is 5.25. The van der Waals surface area contributed by atoms with E-state index in [-0.39, 0.29) is 5.97 Å². The molecule has 0 saturated carbocycles. The molecule has 2 nitrogen and oxygen atoms in total. The van der Waals surface area contributed by atoms with Gasteiger partial charge in [-0.05, 0) is 37.7 Å². The topological polar surface area (TPSA) is 26.3 Å². The summed E-state index contributed by atoms with van der Waals surface area (Å²) in [5.41, 5.74) is 2.07. The van der Waals surface area contributed by atoms with Gasteiger partial charge < -0.3 is 4.74 Å². The van der Waals surface area contributed by atoms with E-state index in [4.69, 9.17) is 4.74 Å². The Morgan fingerprint density at radius 1 is 1.56 bits per heavy atom. The van der Waals surface area contributed by atoms with Crippen LogP contribution >= 0.6 is 11.3 Å². The first-order valence-electron chi connectivity index (χ1n) is 6.02. The van der Waals surface area contributed by atoms with Crippen LogP contribution in [0.25, 0.3) is 0 Å². The van der Waals surface area contributed by atoms with Crippen LogP contribution in [0.5, 0.6) is 0 Å². The number of ether oxygens (including phenoxy) is 1. The summed E-state index contributed by atoms with van der Waals surface area (Å²) >= 11 is 1.72. The number of hydrogen-bond acceptors (Lipinski definition) is 3. The van der Waals surface area contributed by atoms with Gasteiger partial charge >= 0.3 is 5.97 Å². The summed E-state index contributed by atoms with van der Waals surface area (Å²) in [7, 11) is 0. The molecule has 1 unspecified atom stereocenters. The van der Waals surface area contributed by atoms with E-state index in [1.807, 2.05) is 12.3 Å². The zero-order valence-electron chi connectivity index (χ0n) is 9.91. The van der Waals surface area contributed by atoms with Gasteiger partial charge in [-0.2, -0.15) is 0 Å². The first kappa shape index (κ1) is 11.6. The van der Waals surface area contributed by atoms with E-state index in [2.05, 4.69) is 6.92 Å². The van der Waals surface area contributed by atoms with Gasteiger partial charge in [0.25, 0.3) is 0 Å². The minimum atomic E-state index is -0.144. The molecule has 0 aromatic carbocycles. The first-order chi connectivity index (χ1) is 7.76. The number of thiophene rings is 1. The fourth-order valence-corrected chi connectivity index (χ4v) is 3.49. The van der Waals surface area contributed by atoms with E-state index in [9.17, 15) is 4.79 Å². The van der Waals surface area contributed by atoms with Crippen molar-refractivity contribution < 1.29 is 9.53 Å². The molecule has 0 N–H and O–H groups in total. The van der Waals surface area contributed by atoms with Gasteiger partial charge in [0.2, 0.25) is 0 Å². The monoisotopic (exact) mass is 238 g/mol. The molecule has 0 bridgehead atoms. The van der Waals surface area contributed by atoms with Crippen LogP contribution < -0.4 is 0 Å². The first-order valence-corrected chi connectivity index (χ1v) is 6.90. The van der Waals surface area contributed by atoms with Crippen molar-refractivity contribution in [2.75, 3.05) is 6.61 Å². The number of rotatable bonds is 3. The summed E-state index contributed by atoms with van der Waals surface area (Å²) in [6.07, 6.45) is 4.65. The highest BCUT2D eigenvalue weighted by atomic mass is 32.1. The second-order valence-electron chi connectivity index (χ2n) is 4.29. The van der Waals surface area contributed by atoms with Gasteiger partial charge in [0.1, 0.15) is 0 Å². The number of esters is 1. The molecule has 0 fully saturated rings.